The number of rotatable bonds is 4. The summed E-state index contributed by atoms with van der Waals surface area (Å²) < 4.78 is 19.3. The van der Waals surface area contributed by atoms with Crippen molar-refractivity contribution in [3.05, 3.63) is 34.7 Å². The van der Waals surface area contributed by atoms with E-state index in [0.717, 1.165) is 49.8 Å². The summed E-state index contributed by atoms with van der Waals surface area (Å²) in [6.45, 7) is 2.88. The molecule has 23 heavy (non-hydrogen) atoms. The van der Waals surface area contributed by atoms with Crippen LogP contribution in [-0.4, -0.2) is 42.7 Å². The molecular weight excluding hydrogens is 317 g/mol. The van der Waals surface area contributed by atoms with Crippen LogP contribution in [0.1, 0.15) is 18.4 Å². The highest BCUT2D eigenvalue weighted by Gasteiger charge is 2.18. The minimum absolute atomic E-state index is 0.315. The van der Waals surface area contributed by atoms with Gasteiger partial charge in [0.25, 0.3) is 0 Å². The van der Waals surface area contributed by atoms with Crippen LogP contribution in [0.4, 0.5) is 4.39 Å². The Bertz CT molecular complexity index is 702. The fourth-order valence-corrected chi connectivity index (χ4v) is 3.33. The van der Waals surface area contributed by atoms with Crippen LogP contribution >= 0.6 is 11.6 Å². The molecule has 0 atom stereocenters. The van der Waals surface area contributed by atoms with Crippen LogP contribution in [0.25, 0.3) is 10.9 Å². The molecule has 0 aliphatic carbocycles. The lowest BCUT2D eigenvalue weighted by Gasteiger charge is -2.30. The molecule has 0 unspecified atom stereocenters. The van der Waals surface area contributed by atoms with Crippen LogP contribution in [0.3, 0.4) is 0 Å². The van der Waals surface area contributed by atoms with Gasteiger partial charge in [-0.2, -0.15) is 0 Å². The normalized spacial score (nSPS) is 16.9. The topological polar surface area (TPSA) is 51.4 Å². The zero-order chi connectivity index (χ0) is 16.4. The molecule has 1 aliphatic heterocycles. The van der Waals surface area contributed by atoms with Gasteiger partial charge in [0, 0.05) is 30.2 Å². The molecule has 3 rings (SSSR count). The fourth-order valence-electron chi connectivity index (χ4n) is 3.08. The van der Waals surface area contributed by atoms with Gasteiger partial charge in [-0.05, 0) is 44.0 Å². The molecule has 124 valence electrons. The number of likely N-dealkylation sites (tertiary alicyclic amines) is 1. The third kappa shape index (κ3) is 3.57. The Labute approximate surface area is 140 Å². The van der Waals surface area contributed by atoms with Gasteiger partial charge in [0.1, 0.15) is 11.3 Å². The summed E-state index contributed by atoms with van der Waals surface area (Å²) in [7, 11) is 1.52. The zero-order valence-electron chi connectivity index (χ0n) is 13.2. The lowest BCUT2D eigenvalue weighted by molar-refractivity contribution is 0.216. The first-order valence-corrected chi connectivity index (χ1v) is 8.25. The summed E-state index contributed by atoms with van der Waals surface area (Å²) in [4.78, 5) is 6.51. The monoisotopic (exact) mass is 337 g/mol. The maximum Gasteiger partial charge on any atom is 0.153 e. The van der Waals surface area contributed by atoms with Crippen LogP contribution < -0.4 is 10.5 Å². The van der Waals surface area contributed by atoms with Crippen LogP contribution in [0, 0.1) is 5.82 Å². The average molecular weight is 338 g/mol. The number of hydrogen-bond acceptors (Lipinski definition) is 4. The predicted octanol–water partition coefficient (Wildman–Crippen LogP) is 3.00. The average Bonchev–Trinajstić information content (AvgIpc) is 2.55. The lowest BCUT2D eigenvalue weighted by atomic mass is 10.0. The molecule has 1 saturated heterocycles. The van der Waals surface area contributed by atoms with E-state index in [-0.39, 0.29) is 5.82 Å². The Morgan fingerprint density at radius 3 is 2.83 bits per heavy atom. The van der Waals surface area contributed by atoms with E-state index in [2.05, 4.69) is 9.88 Å². The molecule has 0 spiro atoms. The van der Waals surface area contributed by atoms with Gasteiger partial charge in [0.15, 0.2) is 5.82 Å². The molecule has 1 aliphatic rings. The van der Waals surface area contributed by atoms with Gasteiger partial charge < -0.3 is 15.4 Å². The number of halogens is 2. The van der Waals surface area contributed by atoms with Crippen LogP contribution in [0.5, 0.6) is 5.75 Å². The highest BCUT2D eigenvalue weighted by atomic mass is 35.5. The van der Waals surface area contributed by atoms with Gasteiger partial charge in [-0.25, -0.2) is 4.39 Å². The number of benzene rings is 1. The smallest absolute Gasteiger partial charge is 0.153 e. The Balaban J connectivity index is 1.87. The second kappa shape index (κ2) is 6.99. The summed E-state index contributed by atoms with van der Waals surface area (Å²) in [6, 6.07) is 3.47. The van der Waals surface area contributed by atoms with E-state index in [4.69, 9.17) is 22.1 Å². The number of hydrogen-bond donors (Lipinski definition) is 1. The summed E-state index contributed by atoms with van der Waals surface area (Å²) in [6.07, 6.45) is 4.32. The predicted molar refractivity (Wildman–Crippen MR) is 90.6 cm³/mol. The zero-order valence-corrected chi connectivity index (χ0v) is 13.9. The molecule has 1 fully saturated rings. The quantitative estimate of drug-likeness (QED) is 0.931. The van der Waals surface area contributed by atoms with Gasteiger partial charge in [-0.3, -0.25) is 4.98 Å². The van der Waals surface area contributed by atoms with Gasteiger partial charge >= 0.3 is 0 Å². The van der Waals surface area contributed by atoms with Crippen molar-refractivity contribution in [3.8, 4) is 5.75 Å². The first-order valence-electron chi connectivity index (χ1n) is 7.87. The van der Waals surface area contributed by atoms with Crippen LogP contribution in [-0.2, 0) is 6.42 Å². The Morgan fingerprint density at radius 2 is 2.13 bits per heavy atom. The van der Waals surface area contributed by atoms with E-state index in [1.165, 1.54) is 19.4 Å². The Hall–Kier alpha value is -1.43. The Morgan fingerprint density at radius 1 is 1.39 bits per heavy atom. The van der Waals surface area contributed by atoms with Crippen molar-refractivity contribution in [1.82, 2.24) is 9.88 Å². The van der Waals surface area contributed by atoms with Gasteiger partial charge in [0.05, 0.1) is 12.1 Å². The largest absolute Gasteiger partial charge is 0.497 e. The van der Waals surface area contributed by atoms with E-state index in [1.807, 2.05) is 0 Å². The van der Waals surface area contributed by atoms with Crippen LogP contribution in [0.2, 0.25) is 5.02 Å². The van der Waals surface area contributed by atoms with E-state index in [0.29, 0.717) is 22.3 Å². The van der Waals surface area contributed by atoms with E-state index < -0.39 is 0 Å². The molecular formula is C17H21ClFN3O. The van der Waals surface area contributed by atoms with Crippen molar-refractivity contribution in [2.75, 3.05) is 26.7 Å². The van der Waals surface area contributed by atoms with Crippen LogP contribution in [0.15, 0.2) is 18.3 Å². The number of methoxy groups -OCH3 is 1. The number of ether oxygens (including phenoxy) is 1. The number of nitrogens with zero attached hydrogens (tertiary/aromatic N) is 2. The van der Waals surface area contributed by atoms with E-state index >= 15 is 0 Å². The second-order valence-corrected chi connectivity index (χ2v) is 6.43. The summed E-state index contributed by atoms with van der Waals surface area (Å²) in [5.74, 6) is 0.0884. The minimum Gasteiger partial charge on any atom is -0.497 e. The third-order valence-electron chi connectivity index (χ3n) is 4.50. The number of pyridine rings is 1. The van der Waals surface area contributed by atoms with Gasteiger partial charge in [-0.15, -0.1) is 0 Å². The number of piperidine rings is 1. The molecule has 1 aromatic carbocycles. The van der Waals surface area contributed by atoms with Crippen molar-refractivity contribution in [2.45, 2.75) is 25.3 Å². The number of nitrogens with two attached hydrogens (primary N) is 1. The molecule has 0 saturated carbocycles. The third-order valence-corrected chi connectivity index (χ3v) is 4.83. The molecule has 4 nitrogen and oxygen atoms in total. The molecule has 2 N–H and O–H groups in total. The maximum absolute atomic E-state index is 14.2. The van der Waals surface area contributed by atoms with Crippen molar-refractivity contribution in [1.29, 1.82) is 0 Å². The second-order valence-electron chi connectivity index (χ2n) is 6.02. The number of fused-ring (bicyclic) bond motifs is 1. The number of aromatic nitrogens is 1. The molecule has 6 heteroatoms. The highest BCUT2D eigenvalue weighted by molar-refractivity contribution is 6.32. The standard InChI is InChI=1S/C17H21ClFN3O/c1-23-12-8-14-13(4-7-22-5-2-11(20)3-6-22)15(18)10-21-17(14)16(19)9-12/h8-11H,2-7,20H2,1H3. The molecule has 0 amide bonds. The minimum atomic E-state index is -0.388. The van der Waals surface area contributed by atoms with E-state index in [1.54, 1.807) is 6.07 Å². The summed E-state index contributed by atoms with van der Waals surface area (Å²) >= 11 is 6.33. The first kappa shape index (κ1) is 16.4. The first-order chi connectivity index (χ1) is 11.1. The van der Waals surface area contributed by atoms with Gasteiger partial charge in [-0.1, -0.05) is 11.6 Å². The molecule has 2 aromatic rings. The van der Waals surface area contributed by atoms with Crippen molar-refractivity contribution in [3.63, 3.8) is 0 Å². The maximum atomic E-state index is 14.2. The lowest BCUT2D eigenvalue weighted by Crippen LogP contribution is -2.40. The highest BCUT2D eigenvalue weighted by Crippen LogP contribution is 2.30. The SMILES string of the molecule is COc1cc(F)c2ncc(Cl)c(CCN3CCC(N)CC3)c2c1. The van der Waals surface area contributed by atoms with Crippen molar-refractivity contribution >= 4 is 22.5 Å². The van der Waals surface area contributed by atoms with Crippen molar-refractivity contribution < 1.29 is 9.13 Å². The molecule has 0 radical (unpaired) electrons. The van der Waals surface area contributed by atoms with Crippen molar-refractivity contribution in [2.24, 2.45) is 5.73 Å². The molecule has 2 heterocycles. The van der Waals surface area contributed by atoms with Gasteiger partial charge in [0.2, 0.25) is 0 Å². The van der Waals surface area contributed by atoms with E-state index in [9.17, 15) is 4.39 Å². The molecule has 1 aromatic heterocycles. The summed E-state index contributed by atoms with van der Waals surface area (Å²) in [5.41, 5.74) is 7.20. The Kier molecular flexibility index (Phi) is 4.99. The summed E-state index contributed by atoms with van der Waals surface area (Å²) in [5, 5.41) is 1.29. The molecule has 0 bridgehead atoms. The fraction of sp³-hybridized carbons (Fsp3) is 0.471.